The van der Waals surface area contributed by atoms with E-state index in [1.807, 2.05) is 0 Å². The third-order valence-electron chi connectivity index (χ3n) is 4.59. The van der Waals surface area contributed by atoms with Crippen LogP contribution in [-0.2, 0) is 25.5 Å². The van der Waals surface area contributed by atoms with Crippen LogP contribution in [0.2, 0.25) is 0 Å². The van der Waals surface area contributed by atoms with Crippen LogP contribution >= 0.6 is 0 Å². The molecule has 2 aliphatic heterocycles. The molecule has 2 aliphatic rings. The quantitative estimate of drug-likeness (QED) is 0.780. The van der Waals surface area contributed by atoms with Gasteiger partial charge in [-0.25, -0.2) is 4.39 Å². The first-order chi connectivity index (χ1) is 12.0. The van der Waals surface area contributed by atoms with Crippen LogP contribution in [-0.4, -0.2) is 48.4 Å². The molecule has 2 heterocycles. The van der Waals surface area contributed by atoms with Crippen molar-refractivity contribution in [3.05, 3.63) is 35.6 Å². The summed E-state index contributed by atoms with van der Waals surface area (Å²) >= 11 is 0. The molecule has 2 saturated heterocycles. The summed E-state index contributed by atoms with van der Waals surface area (Å²) in [6.45, 7) is 0.840. The first-order valence-corrected chi connectivity index (χ1v) is 8.50. The van der Waals surface area contributed by atoms with Crippen LogP contribution in [0.15, 0.2) is 24.3 Å². The highest BCUT2D eigenvalue weighted by Gasteiger charge is 2.39. The molecule has 6 nitrogen and oxygen atoms in total. The first-order valence-electron chi connectivity index (χ1n) is 8.50. The van der Waals surface area contributed by atoms with Gasteiger partial charge in [-0.05, 0) is 37.0 Å². The minimum atomic E-state index is -0.496. The molecule has 0 radical (unpaired) electrons. The van der Waals surface area contributed by atoms with Crippen molar-refractivity contribution in [2.24, 2.45) is 5.92 Å². The van der Waals surface area contributed by atoms with Gasteiger partial charge in [-0.15, -0.1) is 0 Å². The van der Waals surface area contributed by atoms with Gasteiger partial charge >= 0.3 is 0 Å². The number of carbonyl (C=O) groups excluding carboxylic acids is 3. The molecule has 2 atom stereocenters. The van der Waals surface area contributed by atoms with Crippen molar-refractivity contribution in [2.45, 2.75) is 31.8 Å². The number of rotatable bonds is 6. The zero-order chi connectivity index (χ0) is 17.8. The molecule has 3 rings (SSSR count). The lowest BCUT2D eigenvalue weighted by Gasteiger charge is -2.16. The van der Waals surface area contributed by atoms with Crippen LogP contribution in [0.4, 0.5) is 4.39 Å². The molecular formula is C18H21FN2O4. The molecule has 134 valence electrons. The Morgan fingerprint density at radius 1 is 1.28 bits per heavy atom. The molecule has 7 heteroatoms. The van der Waals surface area contributed by atoms with Gasteiger partial charge in [0.05, 0.1) is 12.0 Å². The molecular weight excluding hydrogens is 327 g/mol. The minimum absolute atomic E-state index is 0.0140. The Morgan fingerprint density at radius 3 is 2.72 bits per heavy atom. The summed E-state index contributed by atoms with van der Waals surface area (Å²) in [4.78, 5) is 37.5. The highest BCUT2D eigenvalue weighted by Crippen LogP contribution is 2.23. The molecule has 1 aromatic rings. The molecule has 0 bridgehead atoms. The number of halogens is 1. The van der Waals surface area contributed by atoms with E-state index in [1.165, 1.54) is 12.1 Å². The fourth-order valence-electron chi connectivity index (χ4n) is 3.21. The van der Waals surface area contributed by atoms with Gasteiger partial charge in [0.1, 0.15) is 12.4 Å². The van der Waals surface area contributed by atoms with E-state index in [0.717, 1.165) is 23.3 Å². The number of amides is 3. The largest absolute Gasteiger partial charge is 0.376 e. The monoisotopic (exact) mass is 348 g/mol. The Labute approximate surface area is 145 Å². The van der Waals surface area contributed by atoms with Crippen LogP contribution in [0.1, 0.15) is 24.8 Å². The van der Waals surface area contributed by atoms with Gasteiger partial charge in [0.15, 0.2) is 0 Å². The number of hydrogen-bond acceptors (Lipinski definition) is 4. The molecule has 1 N–H and O–H groups in total. The van der Waals surface area contributed by atoms with Crippen molar-refractivity contribution in [3.63, 3.8) is 0 Å². The number of ether oxygens (including phenoxy) is 1. The maximum atomic E-state index is 12.9. The summed E-state index contributed by atoms with van der Waals surface area (Å²) in [7, 11) is 0. The molecule has 25 heavy (non-hydrogen) atoms. The topological polar surface area (TPSA) is 75.7 Å². The van der Waals surface area contributed by atoms with Gasteiger partial charge in [0.25, 0.3) is 0 Å². The average molecular weight is 348 g/mol. The van der Waals surface area contributed by atoms with E-state index >= 15 is 0 Å². The lowest BCUT2D eigenvalue weighted by atomic mass is 9.98. The van der Waals surface area contributed by atoms with Crippen molar-refractivity contribution in [1.82, 2.24) is 10.2 Å². The molecule has 2 fully saturated rings. The van der Waals surface area contributed by atoms with Crippen LogP contribution in [0, 0.1) is 11.7 Å². The second kappa shape index (κ2) is 7.74. The van der Waals surface area contributed by atoms with E-state index in [2.05, 4.69) is 5.32 Å². The molecule has 0 aliphatic carbocycles. The molecule has 0 aromatic heterocycles. The van der Waals surface area contributed by atoms with E-state index in [9.17, 15) is 18.8 Å². The number of nitrogens with one attached hydrogen (secondary N) is 1. The lowest BCUT2D eigenvalue weighted by Crippen LogP contribution is -2.42. The zero-order valence-electron chi connectivity index (χ0n) is 13.9. The van der Waals surface area contributed by atoms with Crippen LogP contribution < -0.4 is 5.32 Å². The number of hydrogen-bond donors (Lipinski definition) is 1. The fourth-order valence-corrected chi connectivity index (χ4v) is 3.21. The zero-order valence-corrected chi connectivity index (χ0v) is 13.9. The summed E-state index contributed by atoms with van der Waals surface area (Å²) in [5, 5.41) is 2.71. The maximum Gasteiger partial charge on any atom is 0.240 e. The smallest absolute Gasteiger partial charge is 0.240 e. The molecule has 0 spiro atoms. The third-order valence-corrected chi connectivity index (χ3v) is 4.59. The minimum Gasteiger partial charge on any atom is -0.376 e. The van der Waals surface area contributed by atoms with Gasteiger partial charge in [-0.3, -0.25) is 19.3 Å². The van der Waals surface area contributed by atoms with Gasteiger partial charge in [-0.2, -0.15) is 0 Å². The number of likely N-dealkylation sites (tertiary alicyclic amines) is 1. The van der Waals surface area contributed by atoms with Crippen LogP contribution in [0.5, 0.6) is 0 Å². The summed E-state index contributed by atoms with van der Waals surface area (Å²) in [6.07, 6.45) is 2.34. The Balaban J connectivity index is 1.51. The van der Waals surface area contributed by atoms with Crippen molar-refractivity contribution in [2.75, 3.05) is 19.7 Å². The van der Waals surface area contributed by atoms with Crippen molar-refractivity contribution in [3.8, 4) is 0 Å². The first kappa shape index (κ1) is 17.5. The van der Waals surface area contributed by atoms with E-state index in [4.69, 9.17) is 4.74 Å². The summed E-state index contributed by atoms with van der Waals surface area (Å²) in [5.74, 6) is -1.89. The maximum absolute atomic E-state index is 12.9. The molecule has 3 amide bonds. The van der Waals surface area contributed by atoms with E-state index in [1.54, 1.807) is 12.1 Å². The number of carbonyl (C=O) groups is 3. The molecule has 0 unspecified atom stereocenters. The van der Waals surface area contributed by atoms with Crippen molar-refractivity contribution >= 4 is 17.7 Å². The second-order valence-electron chi connectivity index (χ2n) is 6.49. The SMILES string of the molecule is O=C(CN1C(=O)C[C@H](Cc2ccc(F)cc2)C1=O)NC[C@@H]1CCCO1. The Hall–Kier alpha value is -2.28. The normalized spacial score (nSPS) is 23.3. The van der Waals surface area contributed by atoms with Crippen molar-refractivity contribution in [1.29, 1.82) is 0 Å². The second-order valence-corrected chi connectivity index (χ2v) is 6.49. The lowest BCUT2D eigenvalue weighted by molar-refractivity contribution is -0.143. The van der Waals surface area contributed by atoms with Crippen LogP contribution in [0.25, 0.3) is 0 Å². The Bertz CT molecular complexity index is 656. The highest BCUT2D eigenvalue weighted by molar-refractivity contribution is 6.06. The number of imide groups is 1. The number of benzene rings is 1. The van der Waals surface area contributed by atoms with Crippen molar-refractivity contribution < 1.29 is 23.5 Å². The Morgan fingerprint density at radius 2 is 2.04 bits per heavy atom. The standard InChI is InChI=1S/C18H21FN2O4/c19-14-5-3-12(4-6-14)8-13-9-17(23)21(18(13)24)11-16(22)20-10-15-2-1-7-25-15/h3-6,13,15H,1-2,7-11H2,(H,20,22)/t13-,15-/m0/s1. The fraction of sp³-hybridized carbons (Fsp3) is 0.500. The van der Waals surface area contributed by atoms with Gasteiger partial charge < -0.3 is 10.1 Å². The number of nitrogens with zero attached hydrogens (tertiary/aromatic N) is 1. The van der Waals surface area contributed by atoms with Crippen LogP contribution in [0.3, 0.4) is 0 Å². The summed E-state index contributed by atoms with van der Waals surface area (Å²) in [6, 6.07) is 5.86. The Kier molecular flexibility index (Phi) is 5.43. The summed E-state index contributed by atoms with van der Waals surface area (Å²) in [5.41, 5.74) is 0.789. The predicted molar refractivity (Wildman–Crippen MR) is 86.9 cm³/mol. The average Bonchev–Trinajstić information content (AvgIpc) is 3.19. The molecule has 0 saturated carbocycles. The van der Waals surface area contributed by atoms with E-state index < -0.39 is 5.92 Å². The predicted octanol–water partition coefficient (Wildman–Crippen LogP) is 1.04. The van der Waals surface area contributed by atoms with Gasteiger partial charge in [0, 0.05) is 19.6 Å². The van der Waals surface area contributed by atoms with Gasteiger partial charge in [-0.1, -0.05) is 12.1 Å². The summed E-state index contributed by atoms with van der Waals surface area (Å²) < 4.78 is 18.4. The molecule has 1 aromatic carbocycles. The van der Waals surface area contributed by atoms with E-state index in [0.29, 0.717) is 19.6 Å². The highest BCUT2D eigenvalue weighted by atomic mass is 19.1. The third kappa shape index (κ3) is 4.42. The van der Waals surface area contributed by atoms with E-state index in [-0.39, 0.29) is 42.6 Å². The van der Waals surface area contributed by atoms with Gasteiger partial charge in [0.2, 0.25) is 17.7 Å².